The second-order valence-electron chi connectivity index (χ2n) is 4.60. The SMILES string of the molecule is Cc1ccc(C(=O)O)cc1NCc1c(C)n[nH]c1C. The van der Waals surface area contributed by atoms with Gasteiger partial charge in [0, 0.05) is 23.5 Å². The van der Waals surface area contributed by atoms with Crippen molar-refractivity contribution in [2.45, 2.75) is 27.3 Å². The molecule has 0 radical (unpaired) electrons. The lowest BCUT2D eigenvalue weighted by Crippen LogP contribution is -2.05. The minimum absolute atomic E-state index is 0.286. The Morgan fingerprint density at radius 1 is 1.37 bits per heavy atom. The number of carbonyl (C=O) groups is 1. The molecule has 0 saturated carbocycles. The van der Waals surface area contributed by atoms with Crippen LogP contribution in [-0.2, 0) is 6.54 Å². The number of carboxylic acid groups (broad SMARTS) is 1. The number of hydrogen-bond acceptors (Lipinski definition) is 3. The van der Waals surface area contributed by atoms with Gasteiger partial charge in [0.05, 0.1) is 11.3 Å². The number of aromatic nitrogens is 2. The zero-order valence-electron chi connectivity index (χ0n) is 11.2. The van der Waals surface area contributed by atoms with E-state index in [0.29, 0.717) is 6.54 Å². The highest BCUT2D eigenvalue weighted by atomic mass is 16.4. The van der Waals surface area contributed by atoms with Crippen molar-refractivity contribution in [1.82, 2.24) is 10.2 Å². The van der Waals surface area contributed by atoms with E-state index in [0.717, 1.165) is 28.2 Å². The Kier molecular flexibility index (Phi) is 3.55. The molecular formula is C14H17N3O2. The first-order valence-corrected chi connectivity index (χ1v) is 6.07. The number of carboxylic acids is 1. The summed E-state index contributed by atoms with van der Waals surface area (Å²) in [5.41, 5.74) is 5.23. The van der Waals surface area contributed by atoms with Crippen molar-refractivity contribution in [3.63, 3.8) is 0 Å². The van der Waals surface area contributed by atoms with E-state index >= 15 is 0 Å². The van der Waals surface area contributed by atoms with Gasteiger partial charge in [-0.05, 0) is 38.5 Å². The number of nitrogens with one attached hydrogen (secondary N) is 2. The molecule has 0 fully saturated rings. The maximum Gasteiger partial charge on any atom is 0.335 e. The van der Waals surface area contributed by atoms with E-state index in [-0.39, 0.29) is 5.56 Å². The summed E-state index contributed by atoms with van der Waals surface area (Å²) in [6.07, 6.45) is 0. The molecule has 3 N–H and O–H groups in total. The molecule has 5 heteroatoms. The number of nitrogens with zero attached hydrogens (tertiary/aromatic N) is 1. The Bertz CT molecular complexity index is 598. The van der Waals surface area contributed by atoms with Gasteiger partial charge in [0.1, 0.15) is 0 Å². The molecule has 19 heavy (non-hydrogen) atoms. The van der Waals surface area contributed by atoms with Crippen LogP contribution in [0.15, 0.2) is 18.2 Å². The molecule has 0 amide bonds. The second kappa shape index (κ2) is 5.14. The molecule has 5 nitrogen and oxygen atoms in total. The Morgan fingerprint density at radius 3 is 2.68 bits per heavy atom. The van der Waals surface area contributed by atoms with Gasteiger partial charge in [-0.1, -0.05) is 6.07 Å². The molecule has 0 aliphatic carbocycles. The molecule has 0 atom stereocenters. The highest BCUT2D eigenvalue weighted by Crippen LogP contribution is 2.19. The number of rotatable bonds is 4. The zero-order chi connectivity index (χ0) is 14.0. The minimum atomic E-state index is -0.918. The summed E-state index contributed by atoms with van der Waals surface area (Å²) in [7, 11) is 0. The first-order valence-electron chi connectivity index (χ1n) is 6.07. The van der Waals surface area contributed by atoms with E-state index in [4.69, 9.17) is 5.11 Å². The van der Waals surface area contributed by atoms with Crippen LogP contribution in [0.5, 0.6) is 0 Å². The van der Waals surface area contributed by atoms with Crippen molar-refractivity contribution in [3.05, 3.63) is 46.3 Å². The molecule has 0 aliphatic rings. The van der Waals surface area contributed by atoms with E-state index in [9.17, 15) is 4.79 Å². The molecule has 2 rings (SSSR count). The molecule has 2 aromatic rings. The maximum atomic E-state index is 11.0. The Morgan fingerprint density at radius 2 is 2.11 bits per heavy atom. The molecule has 100 valence electrons. The van der Waals surface area contributed by atoms with Crippen LogP contribution in [0, 0.1) is 20.8 Å². The van der Waals surface area contributed by atoms with E-state index < -0.39 is 5.97 Å². The number of anilines is 1. The summed E-state index contributed by atoms with van der Waals surface area (Å²) in [5, 5.41) is 19.3. The van der Waals surface area contributed by atoms with Crippen LogP contribution in [-0.4, -0.2) is 21.3 Å². The van der Waals surface area contributed by atoms with Gasteiger partial charge in [-0.3, -0.25) is 5.10 Å². The fourth-order valence-electron chi connectivity index (χ4n) is 1.96. The van der Waals surface area contributed by atoms with E-state index in [2.05, 4.69) is 15.5 Å². The quantitative estimate of drug-likeness (QED) is 0.788. The van der Waals surface area contributed by atoms with Crippen molar-refractivity contribution in [3.8, 4) is 0 Å². The van der Waals surface area contributed by atoms with Gasteiger partial charge in [-0.2, -0.15) is 5.10 Å². The summed E-state index contributed by atoms with van der Waals surface area (Å²) in [6, 6.07) is 5.07. The normalized spacial score (nSPS) is 10.5. The topological polar surface area (TPSA) is 78.0 Å². The zero-order valence-corrected chi connectivity index (χ0v) is 11.2. The molecule has 1 aromatic carbocycles. The van der Waals surface area contributed by atoms with Crippen LogP contribution in [0.4, 0.5) is 5.69 Å². The van der Waals surface area contributed by atoms with Crippen molar-refractivity contribution in [2.24, 2.45) is 0 Å². The van der Waals surface area contributed by atoms with Crippen LogP contribution < -0.4 is 5.32 Å². The van der Waals surface area contributed by atoms with Gasteiger partial charge in [-0.25, -0.2) is 4.79 Å². The average Bonchev–Trinajstić information content (AvgIpc) is 2.68. The van der Waals surface area contributed by atoms with Crippen LogP contribution in [0.3, 0.4) is 0 Å². The van der Waals surface area contributed by atoms with Crippen molar-refractivity contribution < 1.29 is 9.90 Å². The largest absolute Gasteiger partial charge is 0.478 e. The predicted octanol–water partition coefficient (Wildman–Crippen LogP) is 2.65. The third-order valence-corrected chi connectivity index (χ3v) is 3.22. The summed E-state index contributed by atoms with van der Waals surface area (Å²) in [4.78, 5) is 11.0. The number of aryl methyl sites for hydroxylation is 3. The number of H-pyrrole nitrogens is 1. The first-order chi connectivity index (χ1) is 8.99. The monoisotopic (exact) mass is 259 g/mol. The summed E-state index contributed by atoms with van der Waals surface area (Å²) in [5.74, 6) is -0.918. The Labute approximate surface area is 111 Å². The molecular weight excluding hydrogens is 242 g/mol. The molecule has 0 bridgehead atoms. The lowest BCUT2D eigenvalue weighted by Gasteiger charge is -2.10. The molecule has 0 spiro atoms. The standard InChI is InChI=1S/C14H17N3O2/c1-8-4-5-11(14(18)19)6-13(8)15-7-12-9(2)16-17-10(12)3/h4-6,15H,7H2,1-3H3,(H,16,17)(H,18,19). The fourth-order valence-corrected chi connectivity index (χ4v) is 1.96. The van der Waals surface area contributed by atoms with Gasteiger partial charge >= 0.3 is 5.97 Å². The van der Waals surface area contributed by atoms with Gasteiger partial charge in [0.15, 0.2) is 0 Å². The highest BCUT2D eigenvalue weighted by molar-refractivity contribution is 5.89. The van der Waals surface area contributed by atoms with E-state index in [1.165, 1.54) is 0 Å². The molecule has 1 aromatic heterocycles. The second-order valence-corrected chi connectivity index (χ2v) is 4.60. The maximum absolute atomic E-state index is 11.0. The third kappa shape index (κ3) is 2.76. The smallest absolute Gasteiger partial charge is 0.335 e. The predicted molar refractivity (Wildman–Crippen MR) is 73.5 cm³/mol. The number of aromatic carboxylic acids is 1. The minimum Gasteiger partial charge on any atom is -0.478 e. The highest BCUT2D eigenvalue weighted by Gasteiger charge is 2.09. The van der Waals surface area contributed by atoms with Crippen LogP contribution in [0.2, 0.25) is 0 Å². The first kappa shape index (κ1) is 13.1. The van der Waals surface area contributed by atoms with Crippen molar-refractivity contribution in [1.29, 1.82) is 0 Å². The lowest BCUT2D eigenvalue weighted by atomic mass is 10.1. The van der Waals surface area contributed by atoms with Gasteiger partial charge in [0.2, 0.25) is 0 Å². The van der Waals surface area contributed by atoms with Crippen molar-refractivity contribution in [2.75, 3.05) is 5.32 Å². The number of hydrogen-bond donors (Lipinski definition) is 3. The molecule has 1 heterocycles. The van der Waals surface area contributed by atoms with Gasteiger partial charge < -0.3 is 10.4 Å². The molecule has 0 aliphatic heterocycles. The summed E-state index contributed by atoms with van der Waals surface area (Å²) < 4.78 is 0. The van der Waals surface area contributed by atoms with E-state index in [1.54, 1.807) is 18.2 Å². The Hall–Kier alpha value is -2.30. The van der Waals surface area contributed by atoms with Crippen molar-refractivity contribution >= 4 is 11.7 Å². The number of aromatic amines is 1. The third-order valence-electron chi connectivity index (χ3n) is 3.22. The van der Waals surface area contributed by atoms with Crippen LogP contribution >= 0.6 is 0 Å². The lowest BCUT2D eigenvalue weighted by molar-refractivity contribution is 0.0697. The Balaban J connectivity index is 2.20. The van der Waals surface area contributed by atoms with E-state index in [1.807, 2.05) is 20.8 Å². The van der Waals surface area contributed by atoms with Gasteiger partial charge in [0.25, 0.3) is 0 Å². The van der Waals surface area contributed by atoms with Gasteiger partial charge in [-0.15, -0.1) is 0 Å². The fraction of sp³-hybridized carbons (Fsp3) is 0.286. The van der Waals surface area contributed by atoms with Crippen LogP contribution in [0.25, 0.3) is 0 Å². The number of benzene rings is 1. The average molecular weight is 259 g/mol. The summed E-state index contributed by atoms with van der Waals surface area (Å²) in [6.45, 7) is 6.49. The molecule has 0 unspecified atom stereocenters. The summed E-state index contributed by atoms with van der Waals surface area (Å²) >= 11 is 0. The van der Waals surface area contributed by atoms with Crippen LogP contribution in [0.1, 0.15) is 32.9 Å². The molecule has 0 saturated heterocycles.